The number of nitrogens with one attached hydrogen (secondary N) is 1. The van der Waals surface area contributed by atoms with Crippen LogP contribution < -0.4 is 10.6 Å². The van der Waals surface area contributed by atoms with Gasteiger partial charge in [-0.2, -0.15) is 5.21 Å². The molecule has 0 aromatic carbocycles. The van der Waals surface area contributed by atoms with Gasteiger partial charge in [-0.3, -0.25) is 9.69 Å². The van der Waals surface area contributed by atoms with Crippen molar-refractivity contribution in [2.75, 3.05) is 4.90 Å². The number of amides is 1. The van der Waals surface area contributed by atoms with Gasteiger partial charge >= 0.3 is 0 Å². The first kappa shape index (κ1) is 9.87. The van der Waals surface area contributed by atoms with E-state index >= 15 is 0 Å². The number of hydrogen-bond donors (Lipinski definition) is 2. The summed E-state index contributed by atoms with van der Waals surface area (Å²) in [6.07, 6.45) is 0. The Morgan fingerprint density at radius 3 is 2.77 bits per heavy atom. The number of hydrogen-bond acceptors (Lipinski definition) is 5. The number of carbonyl (C=O) groups is 1. The number of carbonyl (C=O) groups excluding carboxylic acids is 1. The zero-order chi connectivity index (χ0) is 8.72. The maximum atomic E-state index is 11.1. The van der Waals surface area contributed by atoms with Crippen LogP contribution in [0, 0.1) is 0 Å². The number of aromatic nitrogens is 4. The minimum Gasteiger partial charge on any atom is -0.318 e. The van der Waals surface area contributed by atoms with Gasteiger partial charge in [-0.15, -0.1) is 17.5 Å². The lowest BCUT2D eigenvalue weighted by Crippen LogP contribution is -2.68. The van der Waals surface area contributed by atoms with Crippen LogP contribution in [-0.4, -0.2) is 38.6 Å². The van der Waals surface area contributed by atoms with Crippen molar-refractivity contribution >= 4 is 24.3 Å². The largest absolute Gasteiger partial charge is 0.318 e. The first-order chi connectivity index (χ1) is 5.72. The number of nitrogens with two attached hydrogens (primary N) is 1. The fraction of sp³-hybridized carbons (Fsp3) is 0.600. The quantitative estimate of drug-likeness (QED) is 0.553. The second kappa shape index (κ2) is 3.27. The number of nitrogens with zero attached hydrogens (tertiary/aromatic N) is 4. The summed E-state index contributed by atoms with van der Waals surface area (Å²) in [6, 6.07) is -0.474. The molecule has 0 spiro atoms. The van der Waals surface area contributed by atoms with Gasteiger partial charge in [0.2, 0.25) is 5.91 Å². The molecule has 1 amide bonds. The average Bonchev–Trinajstić information content (AvgIpc) is 2.57. The molecule has 1 saturated heterocycles. The summed E-state index contributed by atoms with van der Waals surface area (Å²) in [5, 5.41) is 13.0. The number of anilines is 1. The smallest absolute Gasteiger partial charge is 0.272 e. The number of aromatic amines is 1. The molecule has 2 atom stereocenters. The van der Waals surface area contributed by atoms with Gasteiger partial charge in [0.1, 0.15) is 6.04 Å². The molecular weight excluding hydrogens is 196 g/mol. The molecule has 3 N–H and O–H groups in total. The fourth-order valence-electron chi connectivity index (χ4n) is 1.19. The van der Waals surface area contributed by atoms with E-state index in [4.69, 9.17) is 5.73 Å². The number of β-lactam (4-membered cyclic amide) rings is 1. The van der Waals surface area contributed by atoms with Crippen molar-refractivity contribution in [3.8, 4) is 0 Å². The van der Waals surface area contributed by atoms with Crippen LogP contribution in [0.15, 0.2) is 0 Å². The van der Waals surface area contributed by atoms with E-state index in [0.29, 0.717) is 0 Å². The SMILES string of the molecule is CC1C(N)C(=O)N1c1nn[nH]n1.Cl. The molecule has 1 aliphatic rings. The Kier molecular flexibility index (Phi) is 2.48. The number of rotatable bonds is 1. The highest BCUT2D eigenvalue weighted by molar-refractivity contribution is 6.03. The zero-order valence-electron chi connectivity index (χ0n) is 6.84. The summed E-state index contributed by atoms with van der Waals surface area (Å²) >= 11 is 0. The Bertz CT molecular complexity index is 300. The average molecular weight is 205 g/mol. The van der Waals surface area contributed by atoms with Gasteiger partial charge in [0.25, 0.3) is 5.95 Å². The maximum Gasteiger partial charge on any atom is 0.272 e. The van der Waals surface area contributed by atoms with Crippen LogP contribution in [0.5, 0.6) is 0 Å². The first-order valence-electron chi connectivity index (χ1n) is 3.54. The van der Waals surface area contributed by atoms with E-state index < -0.39 is 6.04 Å². The first-order valence-corrected chi connectivity index (χ1v) is 3.54. The summed E-state index contributed by atoms with van der Waals surface area (Å²) < 4.78 is 0. The molecule has 0 aliphatic carbocycles. The summed E-state index contributed by atoms with van der Waals surface area (Å²) in [7, 11) is 0. The van der Waals surface area contributed by atoms with Crippen molar-refractivity contribution in [2.24, 2.45) is 5.73 Å². The van der Waals surface area contributed by atoms with E-state index in [1.807, 2.05) is 6.92 Å². The van der Waals surface area contributed by atoms with Crippen molar-refractivity contribution in [1.29, 1.82) is 0 Å². The summed E-state index contributed by atoms with van der Waals surface area (Å²) in [4.78, 5) is 12.6. The van der Waals surface area contributed by atoms with Gasteiger partial charge in [0, 0.05) is 0 Å². The molecule has 0 saturated carbocycles. The van der Waals surface area contributed by atoms with Crippen LogP contribution >= 0.6 is 12.4 Å². The van der Waals surface area contributed by atoms with Crippen molar-refractivity contribution < 1.29 is 4.79 Å². The van der Waals surface area contributed by atoms with Crippen LogP contribution in [-0.2, 0) is 4.79 Å². The van der Waals surface area contributed by atoms with Crippen LogP contribution in [0.4, 0.5) is 5.95 Å². The predicted octanol–water partition coefficient (Wildman–Crippen LogP) is -1.32. The van der Waals surface area contributed by atoms with Gasteiger partial charge in [-0.25, -0.2) is 0 Å². The molecule has 2 rings (SSSR count). The third kappa shape index (κ3) is 1.25. The molecule has 1 fully saturated rings. The minimum atomic E-state index is -0.427. The van der Waals surface area contributed by atoms with E-state index in [1.54, 1.807) is 0 Å². The second-order valence-corrected chi connectivity index (χ2v) is 2.69. The predicted molar refractivity (Wildman–Crippen MR) is 46.3 cm³/mol. The van der Waals surface area contributed by atoms with Crippen LogP contribution in [0.2, 0.25) is 0 Å². The van der Waals surface area contributed by atoms with Gasteiger partial charge in [-0.05, 0) is 12.1 Å². The Balaban J connectivity index is 0.000000845. The minimum absolute atomic E-state index is 0. The third-order valence-corrected chi connectivity index (χ3v) is 2.00. The molecule has 8 heteroatoms. The van der Waals surface area contributed by atoms with Gasteiger partial charge in [-0.1, -0.05) is 5.10 Å². The van der Waals surface area contributed by atoms with Crippen molar-refractivity contribution in [2.45, 2.75) is 19.0 Å². The van der Waals surface area contributed by atoms with Crippen molar-refractivity contribution in [3.63, 3.8) is 0 Å². The normalized spacial score (nSPS) is 26.6. The number of halogens is 1. The summed E-state index contributed by atoms with van der Waals surface area (Å²) in [6.45, 7) is 1.84. The number of H-pyrrole nitrogens is 1. The molecule has 13 heavy (non-hydrogen) atoms. The highest BCUT2D eigenvalue weighted by Gasteiger charge is 2.44. The Hall–Kier alpha value is -1.21. The van der Waals surface area contributed by atoms with Crippen LogP contribution in [0.3, 0.4) is 0 Å². The Morgan fingerprint density at radius 2 is 2.31 bits per heavy atom. The number of tetrazole rings is 1. The molecule has 7 nitrogen and oxygen atoms in total. The summed E-state index contributed by atoms with van der Waals surface area (Å²) in [5.41, 5.74) is 5.48. The molecule has 2 unspecified atom stereocenters. The Morgan fingerprint density at radius 1 is 1.62 bits per heavy atom. The van der Waals surface area contributed by atoms with E-state index in [2.05, 4.69) is 20.6 Å². The molecule has 1 aromatic rings. The van der Waals surface area contributed by atoms with Crippen LogP contribution in [0.25, 0.3) is 0 Å². The van der Waals surface area contributed by atoms with E-state index in [1.165, 1.54) is 4.90 Å². The second-order valence-electron chi connectivity index (χ2n) is 2.69. The molecule has 1 aromatic heterocycles. The zero-order valence-corrected chi connectivity index (χ0v) is 7.65. The molecule has 0 bridgehead atoms. The standard InChI is InChI=1S/C5H8N6O.ClH/c1-2-3(6)4(12)11(2)5-7-9-10-8-5;/h2-3H,6H2,1H3,(H,7,8,9,10);1H. The third-order valence-electron chi connectivity index (χ3n) is 2.00. The Labute approximate surface area is 80.1 Å². The van der Waals surface area contributed by atoms with Gasteiger partial charge in [0.05, 0.1) is 6.04 Å². The van der Waals surface area contributed by atoms with Gasteiger partial charge in [0.15, 0.2) is 0 Å². The fourth-order valence-corrected chi connectivity index (χ4v) is 1.19. The van der Waals surface area contributed by atoms with Crippen molar-refractivity contribution in [1.82, 2.24) is 20.6 Å². The van der Waals surface area contributed by atoms with Crippen molar-refractivity contribution in [3.05, 3.63) is 0 Å². The van der Waals surface area contributed by atoms with Gasteiger partial charge < -0.3 is 5.73 Å². The van der Waals surface area contributed by atoms with E-state index in [-0.39, 0.29) is 30.3 Å². The molecule has 1 aliphatic heterocycles. The molecule has 0 radical (unpaired) electrons. The lowest BCUT2D eigenvalue weighted by Gasteiger charge is -2.40. The molecule has 72 valence electrons. The summed E-state index contributed by atoms with van der Waals surface area (Å²) in [5.74, 6) is 0.123. The topological polar surface area (TPSA) is 101 Å². The lowest BCUT2D eigenvalue weighted by atomic mass is 9.99. The molecular formula is C5H9ClN6O. The maximum absolute atomic E-state index is 11.1. The highest BCUT2D eigenvalue weighted by atomic mass is 35.5. The van der Waals surface area contributed by atoms with Crippen LogP contribution in [0.1, 0.15) is 6.92 Å². The molecule has 2 heterocycles. The van der Waals surface area contributed by atoms with E-state index in [9.17, 15) is 4.79 Å². The lowest BCUT2D eigenvalue weighted by molar-refractivity contribution is -0.125. The highest BCUT2D eigenvalue weighted by Crippen LogP contribution is 2.21. The monoisotopic (exact) mass is 204 g/mol. The van der Waals surface area contributed by atoms with E-state index in [0.717, 1.165) is 0 Å².